The van der Waals surface area contributed by atoms with Crippen LogP contribution in [-0.4, -0.2) is 91.0 Å². The first kappa shape index (κ1) is 12.6. The van der Waals surface area contributed by atoms with Crippen molar-refractivity contribution in [3.8, 4) is 0 Å². The molecule has 0 aliphatic heterocycles. The number of hydrogen-bond donors (Lipinski definition) is 2. The van der Waals surface area contributed by atoms with Crippen LogP contribution in [0, 0.1) is 0 Å². The molecule has 0 aromatic carbocycles. The van der Waals surface area contributed by atoms with Gasteiger partial charge in [0, 0.05) is 68.9 Å². The van der Waals surface area contributed by atoms with Crippen molar-refractivity contribution in [2.75, 3.05) is 0 Å². The number of carboxylic acid groups (broad SMARTS) is 2. The van der Waals surface area contributed by atoms with Crippen LogP contribution in [0.15, 0.2) is 0 Å². The molecule has 9 heavy (non-hydrogen) atoms. The predicted molar refractivity (Wildman–Crippen MR) is 30.3 cm³/mol. The second kappa shape index (κ2) is 7.10. The van der Waals surface area contributed by atoms with E-state index in [1.54, 1.807) is 0 Å². The molecule has 4 nitrogen and oxygen atoms in total. The van der Waals surface area contributed by atoms with Crippen LogP contribution in [0.2, 0.25) is 0 Å². The molecular formula is C4H6CsO4. The molecule has 0 saturated carbocycles. The van der Waals surface area contributed by atoms with E-state index in [1.165, 1.54) is 0 Å². The van der Waals surface area contributed by atoms with Crippen molar-refractivity contribution in [1.82, 2.24) is 0 Å². The first-order valence-electron chi connectivity index (χ1n) is 2.06. The van der Waals surface area contributed by atoms with Crippen LogP contribution in [0.1, 0.15) is 12.8 Å². The average Bonchev–Trinajstić information content (AvgIpc) is 1.61. The molecule has 0 atom stereocenters. The van der Waals surface area contributed by atoms with E-state index < -0.39 is 11.9 Å². The van der Waals surface area contributed by atoms with Crippen molar-refractivity contribution in [3.05, 3.63) is 0 Å². The van der Waals surface area contributed by atoms with Crippen LogP contribution >= 0.6 is 0 Å². The maximum atomic E-state index is 9.64. The van der Waals surface area contributed by atoms with Gasteiger partial charge in [-0.3, -0.25) is 9.59 Å². The molecule has 2 N–H and O–H groups in total. The van der Waals surface area contributed by atoms with Crippen molar-refractivity contribution >= 4 is 80.8 Å². The standard InChI is InChI=1S/C4H6O4.Cs/c5-3(6)1-2-4(7)8;/h1-2H2,(H,5,6)(H,7,8);. The molecule has 0 fully saturated rings. The molecule has 0 aliphatic carbocycles. The predicted octanol–water partition coefficient (Wildman–Crippen LogP) is -0.445. The Morgan fingerprint density at radius 3 is 1.33 bits per heavy atom. The zero-order valence-corrected chi connectivity index (χ0v) is 11.4. The molecule has 0 amide bonds. The van der Waals surface area contributed by atoms with E-state index in [-0.39, 0.29) is 81.7 Å². The topological polar surface area (TPSA) is 74.6 Å². The summed E-state index contributed by atoms with van der Waals surface area (Å²) < 4.78 is 0. The van der Waals surface area contributed by atoms with E-state index in [0.29, 0.717) is 0 Å². The maximum absolute atomic E-state index is 9.64. The van der Waals surface area contributed by atoms with Crippen LogP contribution in [-0.2, 0) is 9.59 Å². The zero-order chi connectivity index (χ0) is 6.57. The van der Waals surface area contributed by atoms with Crippen LogP contribution in [0.5, 0.6) is 0 Å². The van der Waals surface area contributed by atoms with Gasteiger partial charge in [-0.25, -0.2) is 0 Å². The van der Waals surface area contributed by atoms with Crippen molar-refractivity contribution in [2.24, 2.45) is 0 Å². The fourth-order valence-corrected chi connectivity index (χ4v) is 0.214. The molecule has 0 rings (SSSR count). The van der Waals surface area contributed by atoms with Crippen LogP contribution in [0.25, 0.3) is 0 Å². The summed E-state index contributed by atoms with van der Waals surface area (Å²) in [6.07, 6.45) is -0.593. The SMILES string of the molecule is O=C(O)CCC(=O)O.[Cs]. The smallest absolute Gasteiger partial charge is 0.303 e. The first-order valence-corrected chi connectivity index (χ1v) is 2.06. The largest absolute Gasteiger partial charge is 0.481 e. The van der Waals surface area contributed by atoms with Gasteiger partial charge in [0.15, 0.2) is 0 Å². The maximum Gasteiger partial charge on any atom is 0.303 e. The molecule has 0 aromatic heterocycles. The van der Waals surface area contributed by atoms with Gasteiger partial charge < -0.3 is 10.2 Å². The summed E-state index contributed by atoms with van der Waals surface area (Å²) in [7, 11) is 0. The van der Waals surface area contributed by atoms with Crippen LogP contribution < -0.4 is 0 Å². The summed E-state index contributed by atoms with van der Waals surface area (Å²) in [6.45, 7) is 0. The third-order valence-corrected chi connectivity index (χ3v) is 0.553. The molecule has 0 heterocycles. The molecule has 1 radical (unpaired) electrons. The first-order chi connectivity index (χ1) is 3.63. The van der Waals surface area contributed by atoms with Gasteiger partial charge in [-0.2, -0.15) is 0 Å². The summed E-state index contributed by atoms with van der Waals surface area (Å²) in [5, 5.41) is 15.8. The van der Waals surface area contributed by atoms with Gasteiger partial charge >= 0.3 is 11.9 Å². The number of carbonyl (C=O) groups is 2. The van der Waals surface area contributed by atoms with E-state index in [9.17, 15) is 9.59 Å². The van der Waals surface area contributed by atoms with Gasteiger partial charge in [0.05, 0.1) is 12.8 Å². The fraction of sp³-hybridized carbons (Fsp3) is 0.500. The minimum absolute atomic E-state index is 0. The Labute approximate surface area is 111 Å². The van der Waals surface area contributed by atoms with Gasteiger partial charge in [-0.1, -0.05) is 0 Å². The Kier molecular flexibility index (Phi) is 9.98. The fourth-order valence-electron chi connectivity index (χ4n) is 0.214. The second-order valence-electron chi connectivity index (χ2n) is 1.29. The van der Waals surface area contributed by atoms with E-state index in [0.717, 1.165) is 0 Å². The number of carboxylic acids is 2. The Morgan fingerprint density at radius 2 is 1.22 bits per heavy atom. The number of rotatable bonds is 3. The monoisotopic (exact) mass is 251 g/mol. The third-order valence-electron chi connectivity index (χ3n) is 0.553. The summed E-state index contributed by atoms with van der Waals surface area (Å²) in [5.41, 5.74) is 0. The van der Waals surface area contributed by atoms with Gasteiger partial charge in [0.2, 0.25) is 0 Å². The normalized spacial score (nSPS) is 7.56. The molecule has 0 unspecified atom stereocenters. The van der Waals surface area contributed by atoms with Gasteiger partial charge in [0.1, 0.15) is 0 Å². The molecule has 0 aromatic rings. The molecule has 0 aliphatic rings. The van der Waals surface area contributed by atoms with Crippen molar-refractivity contribution in [1.29, 1.82) is 0 Å². The molecule has 5 heteroatoms. The molecule has 0 saturated heterocycles. The Bertz CT molecular complexity index is 97.1. The van der Waals surface area contributed by atoms with Crippen molar-refractivity contribution in [2.45, 2.75) is 12.8 Å². The number of hydrogen-bond acceptors (Lipinski definition) is 2. The second-order valence-corrected chi connectivity index (χ2v) is 1.29. The summed E-state index contributed by atoms with van der Waals surface area (Å²) >= 11 is 0. The zero-order valence-electron chi connectivity index (χ0n) is 5.13. The Morgan fingerprint density at radius 1 is 1.00 bits per heavy atom. The Balaban J connectivity index is 0. The summed E-state index contributed by atoms with van der Waals surface area (Å²) in [4.78, 5) is 19.3. The van der Waals surface area contributed by atoms with Gasteiger partial charge in [-0.15, -0.1) is 0 Å². The Hall–Kier alpha value is 0.992. The van der Waals surface area contributed by atoms with E-state index >= 15 is 0 Å². The van der Waals surface area contributed by atoms with Crippen molar-refractivity contribution in [3.63, 3.8) is 0 Å². The molecule has 0 spiro atoms. The molecular weight excluding hydrogens is 245 g/mol. The minimum Gasteiger partial charge on any atom is -0.481 e. The molecule has 47 valence electrons. The van der Waals surface area contributed by atoms with E-state index in [1.807, 2.05) is 0 Å². The summed E-state index contributed by atoms with van der Waals surface area (Å²) in [5.74, 6) is -2.15. The average molecular weight is 251 g/mol. The van der Waals surface area contributed by atoms with Gasteiger partial charge in [0.25, 0.3) is 0 Å². The summed E-state index contributed by atoms with van der Waals surface area (Å²) in [6, 6.07) is 0. The quantitative estimate of drug-likeness (QED) is 0.712. The third kappa shape index (κ3) is 12.2. The van der Waals surface area contributed by atoms with Crippen molar-refractivity contribution < 1.29 is 19.8 Å². The number of aliphatic carboxylic acids is 2. The molecule has 0 bridgehead atoms. The van der Waals surface area contributed by atoms with E-state index in [4.69, 9.17) is 10.2 Å². The van der Waals surface area contributed by atoms with Crippen LogP contribution in [0.3, 0.4) is 0 Å². The van der Waals surface area contributed by atoms with Gasteiger partial charge in [-0.05, 0) is 0 Å². The minimum atomic E-state index is -1.08. The van der Waals surface area contributed by atoms with E-state index in [2.05, 4.69) is 0 Å². The van der Waals surface area contributed by atoms with Crippen LogP contribution in [0.4, 0.5) is 0 Å².